The quantitative estimate of drug-likeness (QED) is 0.187. The largest absolute Gasteiger partial charge is 2.00 e. The van der Waals surface area contributed by atoms with Crippen LogP contribution in [0.3, 0.4) is 0 Å². The fourth-order valence-electron chi connectivity index (χ4n) is 7.74. The van der Waals surface area contributed by atoms with E-state index in [0.29, 0.717) is 22.6 Å². The van der Waals surface area contributed by atoms with Gasteiger partial charge in [0, 0.05) is 33.4 Å². The van der Waals surface area contributed by atoms with Gasteiger partial charge in [0.15, 0.2) is 0 Å². The van der Waals surface area contributed by atoms with Gasteiger partial charge in [-0.15, -0.1) is 11.4 Å². The molecule has 3 N–H and O–H groups in total. The van der Waals surface area contributed by atoms with Crippen molar-refractivity contribution in [2.45, 2.75) is 73.8 Å². The fourth-order valence-corrected chi connectivity index (χ4v) is 7.74. The zero-order valence-electron chi connectivity index (χ0n) is 30.4. The van der Waals surface area contributed by atoms with Crippen LogP contribution in [0.4, 0.5) is 0 Å². The van der Waals surface area contributed by atoms with Crippen LogP contribution in [0.15, 0.2) is 23.9 Å². The van der Waals surface area contributed by atoms with E-state index in [1.54, 1.807) is 0 Å². The fraction of sp³-hybridized carbons (Fsp3) is 0.400. The molecular formula is C40H46MgN4O5. The number of ether oxygens (including phenoxy) is 2. The summed E-state index contributed by atoms with van der Waals surface area (Å²) >= 11 is 0. The molecule has 1 unspecified atom stereocenters. The van der Waals surface area contributed by atoms with Crippen LogP contribution in [0.2, 0.25) is 0 Å². The molecule has 3 aromatic rings. The summed E-state index contributed by atoms with van der Waals surface area (Å²) < 4.78 is 10.8. The van der Waals surface area contributed by atoms with Crippen LogP contribution in [0, 0.1) is 38.5 Å². The average Bonchev–Trinajstić information content (AvgIpc) is 3.80. The molecule has 8 bridgehead atoms. The van der Waals surface area contributed by atoms with Crippen LogP contribution in [-0.4, -0.2) is 69.8 Å². The van der Waals surface area contributed by atoms with Crippen LogP contribution in [0.25, 0.3) is 41.0 Å². The Morgan fingerprint density at radius 1 is 1.04 bits per heavy atom. The van der Waals surface area contributed by atoms with Crippen LogP contribution >= 0.6 is 0 Å². The number of fused-ring (bicyclic) bond motifs is 8. The Morgan fingerprint density at radius 3 is 2.44 bits per heavy atom. The van der Waals surface area contributed by atoms with Gasteiger partial charge in [-0.25, -0.2) is 0 Å². The number of aliphatic hydroxyl groups is 1. The molecule has 4 atom stereocenters. The summed E-state index contributed by atoms with van der Waals surface area (Å²) in [7, 11) is 1.33. The first kappa shape index (κ1) is 37.1. The molecule has 50 heavy (non-hydrogen) atoms. The van der Waals surface area contributed by atoms with Gasteiger partial charge in [0.05, 0.1) is 7.11 Å². The monoisotopic (exact) mass is 686 g/mol. The number of nitrogens with zero attached hydrogens (tertiary/aromatic N) is 2. The minimum Gasteiger partial charge on any atom is -0.681 e. The number of aromatic nitrogens is 3. The van der Waals surface area contributed by atoms with Gasteiger partial charge in [0.1, 0.15) is 18.3 Å². The Bertz CT molecular complexity index is 2190. The Labute approximate surface area is 309 Å². The molecule has 0 aromatic carbocycles. The average molecular weight is 687 g/mol. The third kappa shape index (κ3) is 6.32. The molecule has 0 saturated carbocycles. The number of nitrogens with one attached hydrogen (secondary N) is 2. The van der Waals surface area contributed by atoms with E-state index < -0.39 is 17.9 Å². The number of hydrogen-bond acceptors (Lipinski definition) is 5. The van der Waals surface area contributed by atoms with Crippen molar-refractivity contribution in [3.8, 4) is 0 Å². The van der Waals surface area contributed by atoms with Crippen LogP contribution in [0.1, 0.15) is 85.4 Å². The van der Waals surface area contributed by atoms with E-state index in [0.717, 1.165) is 67.7 Å². The molecule has 258 valence electrons. The molecule has 0 radical (unpaired) electrons. The van der Waals surface area contributed by atoms with Gasteiger partial charge in [0.25, 0.3) is 0 Å². The second-order valence-corrected chi connectivity index (χ2v) is 13.6. The SMILES string of the molecule is C=Cc1c2[n-]c(c1C)/C=C1\[N-]C(C3=c4[nH]c(c(C)c4=C(O)[C@@H]3C(=O)OC)/C=c3\[nH]/c(c(C)c3CC)=C\2)[C@@H](CCC(=O)OCC=C(C)C)[C@@H]1C.[Mg+2]. The van der Waals surface area contributed by atoms with E-state index in [4.69, 9.17) is 19.8 Å². The first-order valence-electron chi connectivity index (χ1n) is 17.1. The van der Waals surface area contributed by atoms with Gasteiger partial charge >= 0.3 is 35.0 Å². The van der Waals surface area contributed by atoms with E-state index in [1.165, 1.54) is 12.7 Å². The normalized spacial score (nSPS) is 22.6. The summed E-state index contributed by atoms with van der Waals surface area (Å²) in [6.45, 7) is 18.6. The molecule has 6 rings (SSSR count). The predicted molar refractivity (Wildman–Crippen MR) is 199 cm³/mol. The Morgan fingerprint density at radius 2 is 1.78 bits per heavy atom. The van der Waals surface area contributed by atoms with E-state index in [1.807, 2.05) is 45.9 Å². The van der Waals surface area contributed by atoms with Gasteiger partial charge in [0.2, 0.25) is 0 Å². The van der Waals surface area contributed by atoms with Crippen molar-refractivity contribution in [2.24, 2.45) is 17.8 Å². The zero-order valence-corrected chi connectivity index (χ0v) is 31.8. The first-order valence-corrected chi connectivity index (χ1v) is 17.1. The number of aromatic amines is 2. The predicted octanol–water partition coefficient (Wildman–Crippen LogP) is 3.98. The number of rotatable bonds is 8. The van der Waals surface area contributed by atoms with Crippen molar-refractivity contribution in [1.82, 2.24) is 15.0 Å². The Balaban J connectivity index is 0.00000486. The number of hydrogen-bond donors (Lipinski definition) is 3. The summed E-state index contributed by atoms with van der Waals surface area (Å²) in [5.74, 6) is -2.19. The van der Waals surface area contributed by atoms with Crippen molar-refractivity contribution >= 4 is 70.6 Å². The third-order valence-corrected chi connectivity index (χ3v) is 10.6. The smallest absolute Gasteiger partial charge is 0.681 e. The molecule has 2 aliphatic heterocycles. The summed E-state index contributed by atoms with van der Waals surface area (Å²) in [5.41, 5.74) is 10.1. The van der Waals surface area contributed by atoms with E-state index >= 15 is 0 Å². The molecule has 1 saturated heterocycles. The van der Waals surface area contributed by atoms with E-state index in [9.17, 15) is 14.7 Å². The van der Waals surface area contributed by atoms with E-state index in [2.05, 4.69) is 49.5 Å². The molecule has 0 spiro atoms. The molecule has 1 aliphatic carbocycles. The summed E-state index contributed by atoms with van der Waals surface area (Å²) in [5, 5.41) is 20.3. The standard InChI is InChI=1S/C40H46N4O5.Mg/c1-10-24-20(5)27-16-29-22(7)26(12-13-33(45)49-15-14-19(3)4)37(43-29)35-36(40(47)48-9)39(46)34-23(8)30(44-38(34)35)18-32-25(11-2)21(6)28(42-32)17-31(24)41-27;/h10,14,16-18,22,26,36-37,42,44,46H,1,11-13,15H2,2-9H3;/q-2;+2/b28-17-,29-16-,32-18-;/t22-,26-,36+,37?;/m0./s1. The molecule has 3 aliphatic rings. The van der Waals surface area contributed by atoms with Crippen molar-refractivity contribution in [3.63, 3.8) is 0 Å². The van der Waals surface area contributed by atoms with Gasteiger partial charge in [-0.1, -0.05) is 55.8 Å². The zero-order chi connectivity index (χ0) is 35.3. The number of methoxy groups -OCH3 is 1. The number of allylic oxidation sites excluding steroid dienone is 2. The Hall–Kier alpha value is -4.15. The van der Waals surface area contributed by atoms with Gasteiger partial charge in [-0.3, -0.25) is 9.59 Å². The maximum atomic E-state index is 13.4. The molecule has 3 aromatic heterocycles. The second kappa shape index (κ2) is 14.6. The minimum atomic E-state index is -1.02. The van der Waals surface area contributed by atoms with Crippen molar-refractivity contribution in [2.75, 3.05) is 13.7 Å². The van der Waals surface area contributed by atoms with Gasteiger partial charge in [-0.2, -0.15) is 5.70 Å². The number of aliphatic hydroxyl groups excluding tert-OH is 1. The Kier molecular flexibility index (Phi) is 10.8. The second-order valence-electron chi connectivity index (χ2n) is 13.6. The van der Waals surface area contributed by atoms with Crippen molar-refractivity contribution in [1.29, 1.82) is 0 Å². The van der Waals surface area contributed by atoms with Crippen LogP contribution in [-0.2, 0) is 25.5 Å². The van der Waals surface area contributed by atoms with Crippen LogP contribution < -0.4 is 26.3 Å². The summed E-state index contributed by atoms with van der Waals surface area (Å²) in [6.07, 6.45) is 11.4. The molecule has 0 amide bonds. The molecule has 9 nitrogen and oxygen atoms in total. The van der Waals surface area contributed by atoms with Crippen LogP contribution in [0.5, 0.6) is 0 Å². The van der Waals surface area contributed by atoms with Crippen molar-refractivity contribution < 1.29 is 24.2 Å². The first-order chi connectivity index (χ1) is 23.4. The molecule has 1 fully saturated rings. The van der Waals surface area contributed by atoms with E-state index in [-0.39, 0.29) is 59.6 Å². The number of esters is 2. The molecular weight excluding hydrogens is 641 g/mol. The number of carbonyl (C=O) groups excluding carboxylic acids is 2. The topological polar surface area (TPSA) is 133 Å². The minimum absolute atomic E-state index is 0. The van der Waals surface area contributed by atoms with Crippen molar-refractivity contribution in [3.05, 3.63) is 95.4 Å². The number of carbonyl (C=O) groups is 2. The van der Waals surface area contributed by atoms with Gasteiger partial charge < -0.3 is 34.8 Å². The molecule has 5 heterocycles. The summed E-state index contributed by atoms with van der Waals surface area (Å²) in [6, 6.07) is -0.524. The summed E-state index contributed by atoms with van der Waals surface area (Å²) in [4.78, 5) is 38.6. The molecule has 10 heteroatoms. The number of H-pyrrole nitrogens is 2. The maximum Gasteiger partial charge on any atom is 2.00 e. The third-order valence-electron chi connectivity index (χ3n) is 10.6. The maximum absolute atomic E-state index is 13.4. The van der Waals surface area contributed by atoms with Gasteiger partial charge in [-0.05, 0) is 99.3 Å².